The fraction of sp³-hybridized carbons (Fsp3) is 0.562. The predicted octanol–water partition coefficient (Wildman–Crippen LogP) is 3.04. The van der Waals surface area contributed by atoms with Gasteiger partial charge in [-0.05, 0) is 37.0 Å². The van der Waals surface area contributed by atoms with E-state index in [1.54, 1.807) is 45.0 Å². The first kappa shape index (κ1) is 16.5. The van der Waals surface area contributed by atoms with Gasteiger partial charge in [-0.15, -0.1) is 0 Å². The molecule has 112 valence electrons. The van der Waals surface area contributed by atoms with E-state index in [-0.39, 0.29) is 5.92 Å². The smallest absolute Gasteiger partial charge is 0.310 e. The molecule has 0 saturated carbocycles. The summed E-state index contributed by atoms with van der Waals surface area (Å²) in [6.07, 6.45) is 0.925. The van der Waals surface area contributed by atoms with Gasteiger partial charge in [-0.3, -0.25) is 4.79 Å². The molecule has 0 radical (unpaired) electrons. The van der Waals surface area contributed by atoms with Crippen LogP contribution in [0.5, 0.6) is 5.75 Å². The van der Waals surface area contributed by atoms with E-state index in [0.717, 1.165) is 12.2 Å². The monoisotopic (exact) mass is 280 g/mol. The third kappa shape index (κ3) is 3.73. The summed E-state index contributed by atoms with van der Waals surface area (Å²) in [7, 11) is 0. The third-order valence-corrected chi connectivity index (χ3v) is 3.45. The third-order valence-electron chi connectivity index (χ3n) is 3.45. The number of aliphatic hydroxyl groups is 1. The Morgan fingerprint density at radius 2 is 1.85 bits per heavy atom. The Bertz CT molecular complexity index is 434. The fourth-order valence-corrected chi connectivity index (χ4v) is 2.46. The Morgan fingerprint density at radius 3 is 2.25 bits per heavy atom. The van der Waals surface area contributed by atoms with E-state index in [0.29, 0.717) is 12.2 Å². The second kappa shape index (κ2) is 6.75. The van der Waals surface area contributed by atoms with E-state index in [2.05, 4.69) is 0 Å². The number of hydrogen-bond donors (Lipinski definition) is 2. The highest BCUT2D eigenvalue weighted by Gasteiger charge is 2.40. The Hall–Kier alpha value is -1.55. The van der Waals surface area contributed by atoms with Crippen molar-refractivity contribution in [1.29, 1.82) is 0 Å². The predicted molar refractivity (Wildman–Crippen MR) is 77.8 cm³/mol. The first-order valence-electron chi connectivity index (χ1n) is 6.99. The molecule has 2 atom stereocenters. The minimum Gasteiger partial charge on any atom is -0.494 e. The molecule has 1 rings (SSSR count). The molecule has 0 aromatic heterocycles. The van der Waals surface area contributed by atoms with Crippen molar-refractivity contribution >= 4 is 5.97 Å². The average Bonchev–Trinajstić information content (AvgIpc) is 2.35. The second-order valence-electron chi connectivity index (χ2n) is 5.58. The van der Waals surface area contributed by atoms with Gasteiger partial charge in [0.25, 0.3) is 0 Å². The van der Waals surface area contributed by atoms with Crippen molar-refractivity contribution in [1.82, 2.24) is 0 Å². The zero-order chi connectivity index (χ0) is 15.3. The van der Waals surface area contributed by atoms with Crippen LogP contribution in [0.1, 0.15) is 39.7 Å². The van der Waals surface area contributed by atoms with Gasteiger partial charge in [-0.2, -0.15) is 0 Å². The number of aliphatic carboxylic acids is 1. The van der Waals surface area contributed by atoms with Gasteiger partial charge in [-0.1, -0.05) is 32.9 Å². The lowest BCUT2D eigenvalue weighted by molar-refractivity contribution is -0.155. The van der Waals surface area contributed by atoms with Gasteiger partial charge < -0.3 is 14.9 Å². The van der Waals surface area contributed by atoms with E-state index >= 15 is 0 Å². The summed E-state index contributed by atoms with van der Waals surface area (Å²) < 4.78 is 5.48. The highest BCUT2D eigenvalue weighted by molar-refractivity contribution is 5.72. The summed E-state index contributed by atoms with van der Waals surface area (Å²) in [5, 5.41) is 20.0. The van der Waals surface area contributed by atoms with E-state index in [1.165, 1.54) is 0 Å². The number of benzene rings is 1. The molecule has 1 aromatic carbocycles. The van der Waals surface area contributed by atoms with Gasteiger partial charge in [0, 0.05) is 0 Å². The molecule has 4 nitrogen and oxygen atoms in total. The van der Waals surface area contributed by atoms with Crippen LogP contribution in [-0.4, -0.2) is 22.8 Å². The second-order valence-corrected chi connectivity index (χ2v) is 5.58. The molecule has 2 unspecified atom stereocenters. The van der Waals surface area contributed by atoms with E-state index in [1.807, 2.05) is 6.92 Å². The first-order valence-corrected chi connectivity index (χ1v) is 6.99. The highest BCUT2D eigenvalue weighted by atomic mass is 16.5. The normalized spacial score (nSPS) is 15.7. The van der Waals surface area contributed by atoms with Gasteiger partial charge in [-0.25, -0.2) is 0 Å². The molecule has 0 aliphatic rings. The Kier molecular flexibility index (Phi) is 5.57. The highest BCUT2D eigenvalue weighted by Crippen LogP contribution is 2.35. The van der Waals surface area contributed by atoms with Crippen molar-refractivity contribution in [3.63, 3.8) is 0 Å². The SMILES string of the molecule is CCCOc1ccc(C(C)(O)C(C(=O)O)C(C)C)cc1. The quantitative estimate of drug-likeness (QED) is 0.805. The van der Waals surface area contributed by atoms with Gasteiger partial charge in [0.1, 0.15) is 11.4 Å². The van der Waals surface area contributed by atoms with Crippen LogP contribution < -0.4 is 4.74 Å². The van der Waals surface area contributed by atoms with Crippen LogP contribution in [-0.2, 0) is 10.4 Å². The maximum absolute atomic E-state index is 11.4. The molecule has 0 spiro atoms. The molecule has 0 amide bonds. The lowest BCUT2D eigenvalue weighted by Crippen LogP contribution is -2.40. The minimum atomic E-state index is -1.41. The molecule has 0 aliphatic carbocycles. The number of ether oxygens (including phenoxy) is 1. The largest absolute Gasteiger partial charge is 0.494 e. The summed E-state index contributed by atoms with van der Waals surface area (Å²) >= 11 is 0. The number of carbonyl (C=O) groups is 1. The maximum atomic E-state index is 11.4. The van der Waals surface area contributed by atoms with Crippen molar-refractivity contribution in [3.8, 4) is 5.75 Å². The zero-order valence-electron chi connectivity index (χ0n) is 12.6. The average molecular weight is 280 g/mol. The summed E-state index contributed by atoms with van der Waals surface area (Å²) in [4.78, 5) is 11.4. The summed E-state index contributed by atoms with van der Waals surface area (Å²) in [5.74, 6) is -1.29. The van der Waals surface area contributed by atoms with Crippen LogP contribution in [0, 0.1) is 11.8 Å². The zero-order valence-corrected chi connectivity index (χ0v) is 12.6. The molecule has 2 N–H and O–H groups in total. The molecule has 1 aromatic rings. The van der Waals surface area contributed by atoms with Crippen molar-refractivity contribution < 1.29 is 19.7 Å². The molecular formula is C16H24O4. The molecule has 0 saturated heterocycles. The molecule has 0 bridgehead atoms. The molecule has 4 heteroatoms. The van der Waals surface area contributed by atoms with E-state index in [4.69, 9.17) is 4.74 Å². The van der Waals surface area contributed by atoms with Gasteiger partial charge in [0.05, 0.1) is 12.5 Å². The number of rotatable bonds is 7. The summed E-state index contributed by atoms with van der Waals surface area (Å²) in [6.45, 7) is 7.81. The van der Waals surface area contributed by atoms with E-state index < -0.39 is 17.5 Å². The minimum absolute atomic E-state index is 0.168. The van der Waals surface area contributed by atoms with Crippen LogP contribution in [0.25, 0.3) is 0 Å². The lowest BCUT2D eigenvalue weighted by atomic mass is 9.76. The summed E-state index contributed by atoms with van der Waals surface area (Å²) in [5.41, 5.74) is -0.828. The Labute approximate surface area is 120 Å². The summed E-state index contributed by atoms with van der Waals surface area (Å²) in [6, 6.07) is 6.98. The van der Waals surface area contributed by atoms with Crippen LogP contribution in [0.4, 0.5) is 0 Å². The van der Waals surface area contributed by atoms with Crippen molar-refractivity contribution in [2.75, 3.05) is 6.61 Å². The number of hydrogen-bond acceptors (Lipinski definition) is 3. The van der Waals surface area contributed by atoms with Gasteiger partial charge >= 0.3 is 5.97 Å². The van der Waals surface area contributed by atoms with Gasteiger partial charge in [0.15, 0.2) is 0 Å². The standard InChI is InChI=1S/C16H24O4/c1-5-10-20-13-8-6-12(7-9-13)16(4,19)14(11(2)3)15(17)18/h6-9,11,14,19H,5,10H2,1-4H3,(H,17,18). The topological polar surface area (TPSA) is 66.8 Å². The van der Waals surface area contributed by atoms with Crippen molar-refractivity contribution in [2.45, 2.75) is 39.7 Å². The first-order chi connectivity index (χ1) is 9.30. The molecular weight excluding hydrogens is 256 g/mol. The van der Waals surface area contributed by atoms with Gasteiger partial charge in [0.2, 0.25) is 0 Å². The molecule has 20 heavy (non-hydrogen) atoms. The molecule has 0 heterocycles. The Morgan fingerprint density at radius 1 is 1.30 bits per heavy atom. The van der Waals surface area contributed by atoms with Crippen LogP contribution >= 0.6 is 0 Å². The molecule has 0 aliphatic heterocycles. The molecule has 0 fully saturated rings. The van der Waals surface area contributed by atoms with Crippen LogP contribution in [0.3, 0.4) is 0 Å². The number of carboxylic acid groups (broad SMARTS) is 1. The fourth-order valence-electron chi connectivity index (χ4n) is 2.46. The Balaban J connectivity index is 2.99. The van der Waals surface area contributed by atoms with Crippen LogP contribution in [0.15, 0.2) is 24.3 Å². The van der Waals surface area contributed by atoms with Crippen molar-refractivity contribution in [2.24, 2.45) is 11.8 Å². The van der Waals surface area contributed by atoms with Crippen LogP contribution in [0.2, 0.25) is 0 Å². The number of carboxylic acids is 1. The maximum Gasteiger partial charge on any atom is 0.310 e. The van der Waals surface area contributed by atoms with E-state index in [9.17, 15) is 15.0 Å². The lowest BCUT2D eigenvalue weighted by Gasteiger charge is -2.33. The van der Waals surface area contributed by atoms with Crippen molar-refractivity contribution in [3.05, 3.63) is 29.8 Å².